The number of nitrogens with one attached hydrogen (secondary N) is 1. The molecule has 0 aliphatic carbocycles. The molecule has 0 unspecified atom stereocenters. The molecule has 0 atom stereocenters. The van der Waals surface area contributed by atoms with Crippen molar-refractivity contribution in [3.63, 3.8) is 0 Å². The first-order valence-corrected chi connectivity index (χ1v) is 23.3. The molecule has 0 bridgehead atoms. The molecule has 0 amide bonds. The van der Waals surface area contributed by atoms with Crippen LogP contribution in [0.4, 0.5) is 5.69 Å². The van der Waals surface area contributed by atoms with Gasteiger partial charge in [0.1, 0.15) is 0 Å². The van der Waals surface area contributed by atoms with E-state index in [0.717, 1.165) is 11.1 Å². The Kier molecular flexibility index (Phi) is 22.0. The Hall–Kier alpha value is -3.85. The van der Waals surface area contributed by atoms with Crippen LogP contribution in [0.1, 0.15) is 127 Å². The molecule has 17 nitrogen and oxygen atoms in total. The van der Waals surface area contributed by atoms with Crippen LogP contribution in [-0.4, -0.2) is 76.1 Å². The Labute approximate surface area is 367 Å². The highest BCUT2D eigenvalue weighted by atomic mass is 31.2. The molecule has 1 N–H and O–H groups in total. The van der Waals surface area contributed by atoms with E-state index in [9.17, 15) is 24.0 Å². The highest BCUT2D eigenvalue weighted by Gasteiger charge is 2.52. The fourth-order valence-electron chi connectivity index (χ4n) is 4.52. The SMILES string of the molecule is COC(=O)c1ccccc1NCC(C)=CCCC(C)=CCC(P(=O)(OCOC(=O)C(C)(C)C)OCOC(=O)C(C)(C)C)P(=O)(OCOC(=O)C(C)(C)C)OCOC(=O)C(C)(C)C. The summed E-state index contributed by atoms with van der Waals surface area (Å²) in [5.74, 6) is -3.41. The number of benzene rings is 1. The lowest BCUT2D eigenvalue weighted by Crippen LogP contribution is -2.28. The van der Waals surface area contributed by atoms with Crippen LogP contribution in [0.5, 0.6) is 0 Å². The van der Waals surface area contributed by atoms with Crippen molar-refractivity contribution < 1.29 is 74.9 Å². The number of esters is 5. The van der Waals surface area contributed by atoms with Gasteiger partial charge in [-0.25, -0.2) is 4.79 Å². The summed E-state index contributed by atoms with van der Waals surface area (Å²) >= 11 is 0. The molecular formula is C43H69NO16P2. The summed E-state index contributed by atoms with van der Waals surface area (Å²) in [4.78, 5) is 63.0. The van der Waals surface area contributed by atoms with E-state index >= 15 is 9.13 Å². The van der Waals surface area contributed by atoms with Crippen molar-refractivity contribution in [2.24, 2.45) is 21.7 Å². The van der Waals surface area contributed by atoms with Crippen molar-refractivity contribution >= 4 is 50.7 Å². The molecule has 1 aromatic carbocycles. The molecule has 0 heterocycles. The van der Waals surface area contributed by atoms with Crippen LogP contribution in [0, 0.1) is 21.7 Å². The van der Waals surface area contributed by atoms with Gasteiger partial charge in [-0.05, 0) is 128 Å². The zero-order valence-corrected chi connectivity index (χ0v) is 40.9. The predicted octanol–water partition coefficient (Wildman–Crippen LogP) is 9.91. The summed E-state index contributed by atoms with van der Waals surface area (Å²) in [6.45, 7) is 19.3. The van der Waals surface area contributed by atoms with Crippen molar-refractivity contribution in [2.45, 2.75) is 122 Å². The van der Waals surface area contributed by atoms with Crippen molar-refractivity contribution in [2.75, 3.05) is 46.1 Å². The maximum atomic E-state index is 15.1. The summed E-state index contributed by atoms with van der Waals surface area (Å²) in [6.07, 6.45) is 4.17. The lowest BCUT2D eigenvalue weighted by atomic mass is 9.98. The van der Waals surface area contributed by atoms with E-state index in [2.05, 4.69) is 5.32 Å². The molecule has 1 aromatic rings. The van der Waals surface area contributed by atoms with E-state index in [4.69, 9.17) is 41.8 Å². The summed E-state index contributed by atoms with van der Waals surface area (Å²) < 4.78 is 78.6. The van der Waals surface area contributed by atoms with Crippen LogP contribution in [0.25, 0.3) is 0 Å². The van der Waals surface area contributed by atoms with Gasteiger partial charge in [-0.1, -0.05) is 35.4 Å². The summed E-state index contributed by atoms with van der Waals surface area (Å²) in [7, 11) is -8.60. The van der Waals surface area contributed by atoms with Gasteiger partial charge in [0.2, 0.25) is 27.2 Å². The van der Waals surface area contributed by atoms with Gasteiger partial charge < -0.3 is 29.0 Å². The molecule has 352 valence electrons. The monoisotopic (exact) mass is 917 g/mol. The number of anilines is 1. The summed E-state index contributed by atoms with van der Waals surface area (Å²) in [5, 5.41) is 1.33. The largest absolute Gasteiger partial charge is 0.465 e. The Morgan fingerprint density at radius 3 is 1.32 bits per heavy atom. The molecular weight excluding hydrogens is 848 g/mol. The summed E-state index contributed by atoms with van der Waals surface area (Å²) in [6, 6.07) is 6.97. The Morgan fingerprint density at radius 1 is 0.597 bits per heavy atom. The van der Waals surface area contributed by atoms with Crippen LogP contribution in [0.2, 0.25) is 0 Å². The van der Waals surface area contributed by atoms with Crippen LogP contribution >= 0.6 is 15.2 Å². The molecule has 1 rings (SSSR count). The van der Waals surface area contributed by atoms with Gasteiger partial charge in [0.05, 0.1) is 34.3 Å². The maximum absolute atomic E-state index is 15.1. The van der Waals surface area contributed by atoms with E-state index in [-0.39, 0.29) is 0 Å². The van der Waals surface area contributed by atoms with Gasteiger partial charge in [-0.2, -0.15) is 0 Å². The number of methoxy groups -OCH3 is 1. The molecule has 19 heteroatoms. The first kappa shape index (κ1) is 56.2. The molecule has 0 fully saturated rings. The summed E-state index contributed by atoms with van der Waals surface area (Å²) in [5.41, 5.74) is -1.31. The molecule has 0 aliphatic heterocycles. The number of hydrogen-bond acceptors (Lipinski definition) is 17. The second-order valence-corrected chi connectivity index (χ2v) is 23.4. The lowest BCUT2D eigenvalue weighted by Gasteiger charge is -2.31. The topological polar surface area (TPSA) is 215 Å². The van der Waals surface area contributed by atoms with Gasteiger partial charge in [-0.15, -0.1) is 0 Å². The van der Waals surface area contributed by atoms with Crippen molar-refractivity contribution in [3.8, 4) is 0 Å². The highest BCUT2D eigenvalue weighted by Crippen LogP contribution is 2.71. The maximum Gasteiger partial charge on any atom is 0.351 e. The molecule has 62 heavy (non-hydrogen) atoms. The first-order chi connectivity index (χ1) is 28.4. The minimum atomic E-state index is -4.96. The van der Waals surface area contributed by atoms with Gasteiger partial charge in [0.15, 0.2) is 5.40 Å². The van der Waals surface area contributed by atoms with E-state index in [1.165, 1.54) is 7.11 Å². The van der Waals surface area contributed by atoms with Crippen LogP contribution in [0.15, 0.2) is 47.6 Å². The second-order valence-electron chi connectivity index (χ2n) is 18.5. The van der Waals surface area contributed by atoms with Crippen molar-refractivity contribution in [1.29, 1.82) is 0 Å². The van der Waals surface area contributed by atoms with Gasteiger partial charge in [0.25, 0.3) is 0 Å². The highest BCUT2D eigenvalue weighted by molar-refractivity contribution is 7.72. The number of carbonyl (C=O) groups is 5. The number of para-hydroxylation sites is 1. The predicted molar refractivity (Wildman–Crippen MR) is 233 cm³/mol. The Balaban J connectivity index is 3.69. The Bertz CT molecular complexity index is 1690. The third-order valence-electron chi connectivity index (χ3n) is 8.47. The smallest absolute Gasteiger partial charge is 0.351 e. The molecule has 0 aliphatic rings. The van der Waals surface area contributed by atoms with E-state index in [0.29, 0.717) is 30.6 Å². The van der Waals surface area contributed by atoms with E-state index in [1.54, 1.807) is 120 Å². The van der Waals surface area contributed by atoms with Gasteiger partial charge >= 0.3 is 45.0 Å². The zero-order chi connectivity index (χ0) is 47.7. The normalized spacial score (nSPS) is 13.4. The van der Waals surface area contributed by atoms with E-state index in [1.807, 2.05) is 13.0 Å². The third-order valence-corrected chi connectivity index (χ3v) is 13.9. The zero-order valence-electron chi connectivity index (χ0n) is 39.1. The quantitative estimate of drug-likeness (QED) is 0.0355. The second kappa shape index (κ2) is 24.3. The minimum Gasteiger partial charge on any atom is -0.465 e. The van der Waals surface area contributed by atoms with Crippen LogP contribution in [-0.2, 0) is 70.1 Å². The molecule has 0 saturated heterocycles. The molecule has 0 spiro atoms. The average Bonchev–Trinajstić information content (AvgIpc) is 3.15. The average molecular weight is 918 g/mol. The number of carbonyl (C=O) groups excluding carboxylic acids is 5. The van der Waals surface area contributed by atoms with Crippen LogP contribution in [0.3, 0.4) is 0 Å². The molecule has 0 saturated carbocycles. The molecule has 0 radical (unpaired) electrons. The van der Waals surface area contributed by atoms with Gasteiger partial charge in [-0.3, -0.25) is 46.4 Å². The number of rotatable bonds is 23. The van der Waals surface area contributed by atoms with Gasteiger partial charge in [0, 0.05) is 12.2 Å². The fourth-order valence-corrected chi connectivity index (χ4v) is 9.07. The number of allylic oxidation sites excluding steroid dienone is 3. The fraction of sp³-hybridized carbons (Fsp3) is 0.651. The Morgan fingerprint density at radius 2 is 0.968 bits per heavy atom. The van der Waals surface area contributed by atoms with Crippen molar-refractivity contribution in [3.05, 3.63) is 53.1 Å². The van der Waals surface area contributed by atoms with Crippen molar-refractivity contribution in [1.82, 2.24) is 0 Å². The van der Waals surface area contributed by atoms with Crippen LogP contribution < -0.4 is 5.32 Å². The standard InChI is InChI=1S/C43H69NO16P2/c1-30(19-18-20-31(2)25-44-33-22-17-16-21-32(33)35(45)52-15)23-24-34(61(50,57-26-53-36(46)40(3,4)5)58-27-54-37(47)41(6,7)8)62(51,59-28-55-38(48)42(9,10)11)60-29-56-39(49)43(12,13)14/h16-17,20-23,34,44H,18-19,24-29H2,1-15H3. The number of hydrogen-bond donors (Lipinski definition) is 1. The molecule has 0 aromatic heterocycles. The van der Waals surface area contributed by atoms with E-state index < -0.39 is 106 Å². The number of ether oxygens (including phenoxy) is 5. The first-order valence-electron chi connectivity index (χ1n) is 20.1. The third kappa shape index (κ3) is 19.7. The lowest BCUT2D eigenvalue weighted by molar-refractivity contribution is -0.163. The minimum absolute atomic E-state index is 0.395.